The minimum absolute atomic E-state index is 0.486. The largest absolute Gasteiger partial charge is 0.299 e. The van der Waals surface area contributed by atoms with Crippen molar-refractivity contribution in [2.45, 2.75) is 64.2 Å². The van der Waals surface area contributed by atoms with Crippen molar-refractivity contribution in [3.05, 3.63) is 35.4 Å². The SMILES string of the molecule is CC(NC1CCCCCC1)N1CCN(Cc2ccc(C#N)cc2)CC1. The lowest BCUT2D eigenvalue weighted by molar-refractivity contribution is 0.0781. The molecular weight excluding hydrogens is 308 g/mol. The zero-order valence-electron chi connectivity index (χ0n) is 15.6. The van der Waals surface area contributed by atoms with Crippen molar-refractivity contribution in [3.8, 4) is 6.07 Å². The smallest absolute Gasteiger partial charge is 0.0991 e. The van der Waals surface area contributed by atoms with Crippen LogP contribution < -0.4 is 5.32 Å². The number of benzene rings is 1. The van der Waals surface area contributed by atoms with Crippen LogP contribution in [0.3, 0.4) is 0 Å². The molecule has 1 N–H and O–H groups in total. The molecule has 0 radical (unpaired) electrons. The molecule has 25 heavy (non-hydrogen) atoms. The topological polar surface area (TPSA) is 42.3 Å². The van der Waals surface area contributed by atoms with Crippen LogP contribution in [0.15, 0.2) is 24.3 Å². The number of piperazine rings is 1. The maximum atomic E-state index is 8.89. The highest BCUT2D eigenvalue weighted by Gasteiger charge is 2.23. The van der Waals surface area contributed by atoms with E-state index in [4.69, 9.17) is 5.26 Å². The van der Waals surface area contributed by atoms with E-state index in [1.54, 1.807) is 0 Å². The van der Waals surface area contributed by atoms with E-state index >= 15 is 0 Å². The average Bonchev–Trinajstić information content (AvgIpc) is 2.91. The summed E-state index contributed by atoms with van der Waals surface area (Å²) in [5.41, 5.74) is 2.05. The number of nitrogens with one attached hydrogen (secondary N) is 1. The quantitative estimate of drug-likeness (QED) is 0.835. The highest BCUT2D eigenvalue weighted by atomic mass is 15.3. The summed E-state index contributed by atoms with van der Waals surface area (Å²) in [6.07, 6.45) is 8.80. The van der Waals surface area contributed by atoms with Crippen LogP contribution in [0.4, 0.5) is 0 Å². The maximum absolute atomic E-state index is 8.89. The minimum Gasteiger partial charge on any atom is -0.299 e. The molecule has 0 bridgehead atoms. The second kappa shape index (κ2) is 9.33. The molecular formula is C21H32N4. The van der Waals surface area contributed by atoms with Gasteiger partial charge in [-0.1, -0.05) is 37.8 Å². The van der Waals surface area contributed by atoms with Crippen molar-refractivity contribution in [1.82, 2.24) is 15.1 Å². The van der Waals surface area contributed by atoms with Crippen LogP contribution in [0.5, 0.6) is 0 Å². The fourth-order valence-electron chi connectivity index (χ4n) is 4.14. The van der Waals surface area contributed by atoms with Gasteiger partial charge in [0.15, 0.2) is 0 Å². The Morgan fingerprint density at radius 1 is 1.04 bits per heavy atom. The van der Waals surface area contributed by atoms with E-state index < -0.39 is 0 Å². The molecule has 1 atom stereocenters. The standard InChI is InChI=1S/C21H32N4/c1-18(23-21-6-4-2-3-5-7-21)25-14-12-24(13-15-25)17-20-10-8-19(16-22)9-11-20/h8-11,18,21,23H,2-7,12-15,17H2,1H3. The molecule has 3 rings (SSSR count). The van der Waals surface area contributed by atoms with Gasteiger partial charge in [0.05, 0.1) is 17.8 Å². The molecule has 4 nitrogen and oxygen atoms in total. The third-order valence-corrected chi connectivity index (χ3v) is 5.78. The summed E-state index contributed by atoms with van der Waals surface area (Å²) in [5.74, 6) is 0. The lowest BCUT2D eigenvalue weighted by Gasteiger charge is -2.39. The van der Waals surface area contributed by atoms with Crippen molar-refractivity contribution < 1.29 is 0 Å². The van der Waals surface area contributed by atoms with Crippen LogP contribution in [0.2, 0.25) is 0 Å². The molecule has 0 amide bonds. The van der Waals surface area contributed by atoms with E-state index in [9.17, 15) is 0 Å². The zero-order valence-corrected chi connectivity index (χ0v) is 15.6. The van der Waals surface area contributed by atoms with Crippen molar-refractivity contribution in [2.24, 2.45) is 0 Å². The molecule has 0 spiro atoms. The molecule has 4 heteroatoms. The Kier molecular flexibility index (Phi) is 6.86. The normalized spacial score (nSPS) is 22.2. The number of nitriles is 1. The van der Waals surface area contributed by atoms with Crippen LogP contribution in [0.25, 0.3) is 0 Å². The first-order valence-electron chi connectivity index (χ1n) is 9.96. The predicted octanol–water partition coefficient (Wildman–Crippen LogP) is 3.33. The third kappa shape index (κ3) is 5.54. The van der Waals surface area contributed by atoms with Crippen molar-refractivity contribution in [3.63, 3.8) is 0 Å². The Morgan fingerprint density at radius 2 is 1.68 bits per heavy atom. The molecule has 2 aliphatic rings. The Bertz CT molecular complexity index is 546. The van der Waals surface area contributed by atoms with Gasteiger partial charge in [-0.15, -0.1) is 0 Å². The monoisotopic (exact) mass is 340 g/mol. The fraction of sp³-hybridized carbons (Fsp3) is 0.667. The van der Waals surface area contributed by atoms with Crippen molar-refractivity contribution >= 4 is 0 Å². The number of hydrogen-bond donors (Lipinski definition) is 1. The second-order valence-electron chi connectivity index (χ2n) is 7.65. The van der Waals surface area contributed by atoms with E-state index in [-0.39, 0.29) is 0 Å². The summed E-state index contributed by atoms with van der Waals surface area (Å²) < 4.78 is 0. The molecule has 1 aliphatic heterocycles. The molecule has 1 saturated heterocycles. The highest BCUT2D eigenvalue weighted by molar-refractivity contribution is 5.31. The summed E-state index contributed by atoms with van der Waals surface area (Å²) in [4.78, 5) is 5.12. The molecule has 1 heterocycles. The van der Waals surface area contributed by atoms with Gasteiger partial charge < -0.3 is 0 Å². The van der Waals surface area contributed by atoms with Gasteiger partial charge in [-0.3, -0.25) is 15.1 Å². The Hall–Kier alpha value is -1.41. The van der Waals surface area contributed by atoms with Crippen molar-refractivity contribution in [2.75, 3.05) is 26.2 Å². The summed E-state index contributed by atoms with van der Waals surface area (Å²) in [5, 5.41) is 12.8. The molecule has 1 aromatic rings. The summed E-state index contributed by atoms with van der Waals surface area (Å²) in [6, 6.07) is 10.9. The van der Waals surface area contributed by atoms with Gasteiger partial charge in [0, 0.05) is 38.8 Å². The summed E-state index contributed by atoms with van der Waals surface area (Å²) in [7, 11) is 0. The van der Waals surface area contributed by atoms with Gasteiger partial charge in [-0.25, -0.2) is 0 Å². The molecule has 136 valence electrons. The molecule has 1 unspecified atom stereocenters. The molecule has 0 aromatic heterocycles. The summed E-state index contributed by atoms with van der Waals surface area (Å²) >= 11 is 0. The van der Waals surface area contributed by atoms with Crippen LogP contribution in [0.1, 0.15) is 56.6 Å². The van der Waals surface area contributed by atoms with Crippen LogP contribution >= 0.6 is 0 Å². The molecule has 1 aromatic carbocycles. The third-order valence-electron chi connectivity index (χ3n) is 5.78. The maximum Gasteiger partial charge on any atom is 0.0991 e. The van der Waals surface area contributed by atoms with E-state index in [0.29, 0.717) is 12.2 Å². The van der Waals surface area contributed by atoms with E-state index in [1.165, 1.54) is 44.1 Å². The van der Waals surface area contributed by atoms with Crippen LogP contribution in [-0.4, -0.2) is 48.2 Å². The highest BCUT2D eigenvalue weighted by Crippen LogP contribution is 2.18. The van der Waals surface area contributed by atoms with Gasteiger partial charge in [0.2, 0.25) is 0 Å². The lowest BCUT2D eigenvalue weighted by atomic mass is 10.1. The predicted molar refractivity (Wildman–Crippen MR) is 102 cm³/mol. The molecule has 2 fully saturated rings. The van der Waals surface area contributed by atoms with Gasteiger partial charge >= 0.3 is 0 Å². The Labute approximate surface area is 152 Å². The fourth-order valence-corrected chi connectivity index (χ4v) is 4.14. The Morgan fingerprint density at radius 3 is 2.28 bits per heavy atom. The number of hydrogen-bond acceptors (Lipinski definition) is 4. The van der Waals surface area contributed by atoms with Gasteiger partial charge in [0.1, 0.15) is 0 Å². The first kappa shape index (κ1) is 18.4. The minimum atomic E-state index is 0.486. The van der Waals surface area contributed by atoms with Crippen molar-refractivity contribution in [1.29, 1.82) is 5.26 Å². The van der Waals surface area contributed by atoms with E-state index in [0.717, 1.165) is 38.3 Å². The van der Waals surface area contributed by atoms with E-state index in [2.05, 4.69) is 40.2 Å². The number of nitrogens with zero attached hydrogens (tertiary/aromatic N) is 3. The van der Waals surface area contributed by atoms with Gasteiger partial charge in [-0.05, 0) is 37.5 Å². The summed E-state index contributed by atoms with van der Waals surface area (Å²) in [6.45, 7) is 7.84. The second-order valence-corrected chi connectivity index (χ2v) is 7.65. The zero-order chi connectivity index (χ0) is 17.5. The average molecular weight is 341 g/mol. The van der Waals surface area contributed by atoms with Crippen LogP contribution in [-0.2, 0) is 6.54 Å². The molecule has 1 aliphatic carbocycles. The molecule has 1 saturated carbocycles. The first-order chi connectivity index (χ1) is 12.2. The number of rotatable bonds is 5. The first-order valence-corrected chi connectivity index (χ1v) is 9.96. The Balaban J connectivity index is 1.42. The van der Waals surface area contributed by atoms with Gasteiger partial charge in [-0.2, -0.15) is 5.26 Å². The lowest BCUT2D eigenvalue weighted by Crippen LogP contribution is -2.55. The van der Waals surface area contributed by atoms with Gasteiger partial charge in [0.25, 0.3) is 0 Å². The van der Waals surface area contributed by atoms with E-state index in [1.807, 2.05) is 12.1 Å². The van der Waals surface area contributed by atoms with Crippen LogP contribution in [0, 0.1) is 11.3 Å².